The molecule has 0 aliphatic heterocycles. The molecule has 0 bridgehead atoms. The molecule has 0 fully saturated rings. The van der Waals surface area contributed by atoms with Gasteiger partial charge < -0.3 is 5.32 Å². The molecule has 18 heavy (non-hydrogen) atoms. The van der Waals surface area contributed by atoms with Crippen molar-refractivity contribution in [2.45, 2.75) is 26.4 Å². The molecule has 3 heteroatoms. The van der Waals surface area contributed by atoms with Gasteiger partial charge in [0.2, 0.25) is 0 Å². The quantitative estimate of drug-likeness (QED) is 0.776. The van der Waals surface area contributed by atoms with Crippen LogP contribution in [0.5, 0.6) is 0 Å². The van der Waals surface area contributed by atoms with Crippen molar-refractivity contribution in [2.24, 2.45) is 0 Å². The van der Waals surface area contributed by atoms with E-state index in [9.17, 15) is 0 Å². The van der Waals surface area contributed by atoms with E-state index in [1.54, 1.807) is 0 Å². The molecule has 0 heterocycles. The van der Waals surface area contributed by atoms with Crippen molar-refractivity contribution in [1.29, 1.82) is 0 Å². The normalized spacial score (nSPS) is 11.2. The number of hydrogen-bond donors (Lipinski definition) is 1. The topological polar surface area (TPSA) is 15.3 Å². The number of hydrogen-bond acceptors (Lipinski definition) is 2. The molecule has 1 aromatic carbocycles. The standard InChI is InChI=1S/C15H23BrN2/c1-12(2)17-9-13(3)10-18(4)11-14-5-7-15(16)8-6-14/h5-8,12,17H,3,9-11H2,1-2,4H3. The van der Waals surface area contributed by atoms with Gasteiger partial charge in [-0.1, -0.05) is 48.5 Å². The molecule has 0 aliphatic rings. The van der Waals surface area contributed by atoms with Crippen LogP contribution in [0.1, 0.15) is 19.4 Å². The van der Waals surface area contributed by atoms with E-state index in [4.69, 9.17) is 0 Å². The highest BCUT2D eigenvalue weighted by Gasteiger charge is 2.03. The Balaban J connectivity index is 2.34. The van der Waals surface area contributed by atoms with Crippen molar-refractivity contribution in [3.63, 3.8) is 0 Å². The third-order valence-electron chi connectivity index (χ3n) is 2.62. The fraction of sp³-hybridized carbons (Fsp3) is 0.467. The number of halogens is 1. The van der Waals surface area contributed by atoms with Crippen LogP contribution in [0.3, 0.4) is 0 Å². The molecule has 2 nitrogen and oxygen atoms in total. The van der Waals surface area contributed by atoms with Gasteiger partial charge in [-0.25, -0.2) is 0 Å². The van der Waals surface area contributed by atoms with Gasteiger partial charge >= 0.3 is 0 Å². The Morgan fingerprint density at radius 1 is 1.33 bits per heavy atom. The van der Waals surface area contributed by atoms with E-state index in [0.29, 0.717) is 6.04 Å². The molecular formula is C15H23BrN2. The van der Waals surface area contributed by atoms with Crippen LogP contribution in [-0.2, 0) is 6.54 Å². The molecule has 0 atom stereocenters. The Morgan fingerprint density at radius 2 is 1.94 bits per heavy atom. The van der Waals surface area contributed by atoms with Crippen molar-refractivity contribution in [1.82, 2.24) is 10.2 Å². The monoisotopic (exact) mass is 310 g/mol. The lowest BCUT2D eigenvalue weighted by molar-refractivity contribution is 0.351. The highest BCUT2D eigenvalue weighted by molar-refractivity contribution is 9.10. The zero-order chi connectivity index (χ0) is 13.5. The van der Waals surface area contributed by atoms with Crippen LogP contribution in [0.15, 0.2) is 40.9 Å². The maximum Gasteiger partial charge on any atom is 0.0234 e. The molecular weight excluding hydrogens is 288 g/mol. The minimum Gasteiger partial charge on any atom is -0.311 e. The van der Waals surface area contributed by atoms with Crippen molar-refractivity contribution in [3.8, 4) is 0 Å². The Hall–Kier alpha value is -0.640. The van der Waals surface area contributed by atoms with Crippen molar-refractivity contribution < 1.29 is 0 Å². The second-order valence-electron chi connectivity index (χ2n) is 5.08. The highest BCUT2D eigenvalue weighted by Crippen LogP contribution is 2.12. The minimum absolute atomic E-state index is 0.513. The average molecular weight is 311 g/mol. The number of nitrogens with one attached hydrogen (secondary N) is 1. The van der Waals surface area contributed by atoms with Crippen LogP contribution in [0, 0.1) is 0 Å². The second-order valence-corrected chi connectivity index (χ2v) is 6.00. The first-order valence-corrected chi connectivity index (χ1v) is 7.09. The number of likely N-dealkylation sites (N-methyl/N-ethyl adjacent to an activating group) is 1. The molecule has 0 radical (unpaired) electrons. The Bertz CT molecular complexity index is 371. The summed E-state index contributed by atoms with van der Waals surface area (Å²) in [5.41, 5.74) is 2.55. The van der Waals surface area contributed by atoms with Gasteiger partial charge in [-0.2, -0.15) is 0 Å². The summed E-state index contributed by atoms with van der Waals surface area (Å²) in [6.07, 6.45) is 0. The summed E-state index contributed by atoms with van der Waals surface area (Å²) in [6, 6.07) is 8.97. The lowest BCUT2D eigenvalue weighted by Gasteiger charge is -2.19. The summed E-state index contributed by atoms with van der Waals surface area (Å²) in [5, 5.41) is 3.39. The molecule has 1 aromatic rings. The van der Waals surface area contributed by atoms with Gasteiger partial charge in [-0.15, -0.1) is 0 Å². The lowest BCUT2D eigenvalue weighted by Crippen LogP contribution is -2.29. The van der Waals surface area contributed by atoms with Gasteiger partial charge in [0.15, 0.2) is 0 Å². The molecule has 0 unspecified atom stereocenters. The molecule has 100 valence electrons. The van der Waals surface area contributed by atoms with Gasteiger partial charge in [0.05, 0.1) is 0 Å². The van der Waals surface area contributed by atoms with Gasteiger partial charge in [0, 0.05) is 30.1 Å². The summed E-state index contributed by atoms with van der Waals surface area (Å²) in [6.45, 7) is 11.2. The van der Waals surface area contributed by atoms with Crippen molar-refractivity contribution in [3.05, 3.63) is 46.5 Å². The van der Waals surface area contributed by atoms with Crippen LogP contribution in [-0.4, -0.2) is 31.1 Å². The van der Waals surface area contributed by atoms with Crippen molar-refractivity contribution >= 4 is 15.9 Å². The van der Waals surface area contributed by atoms with Crippen LogP contribution in [0.2, 0.25) is 0 Å². The van der Waals surface area contributed by atoms with E-state index in [1.807, 2.05) is 0 Å². The zero-order valence-corrected chi connectivity index (χ0v) is 13.1. The first kappa shape index (κ1) is 15.4. The van der Waals surface area contributed by atoms with Gasteiger partial charge in [0.1, 0.15) is 0 Å². The Kier molecular flexibility index (Phi) is 6.61. The number of nitrogens with zero attached hydrogens (tertiary/aromatic N) is 1. The van der Waals surface area contributed by atoms with E-state index >= 15 is 0 Å². The smallest absolute Gasteiger partial charge is 0.0234 e. The zero-order valence-electron chi connectivity index (χ0n) is 11.5. The molecule has 0 aliphatic carbocycles. The number of benzene rings is 1. The first-order valence-electron chi connectivity index (χ1n) is 6.30. The van der Waals surface area contributed by atoms with E-state index in [0.717, 1.165) is 24.1 Å². The fourth-order valence-corrected chi connectivity index (χ4v) is 2.01. The molecule has 0 saturated carbocycles. The Labute approximate surface area is 119 Å². The van der Waals surface area contributed by atoms with E-state index in [1.165, 1.54) is 11.1 Å². The molecule has 1 rings (SSSR count). The molecule has 0 spiro atoms. The number of rotatable bonds is 7. The fourth-order valence-electron chi connectivity index (χ4n) is 1.74. The van der Waals surface area contributed by atoms with Gasteiger partial charge in [-0.3, -0.25) is 4.90 Å². The molecule has 0 amide bonds. The summed E-state index contributed by atoms with van der Waals surface area (Å²) < 4.78 is 1.12. The largest absolute Gasteiger partial charge is 0.311 e. The summed E-state index contributed by atoms with van der Waals surface area (Å²) in [4.78, 5) is 2.29. The van der Waals surface area contributed by atoms with Crippen LogP contribution >= 0.6 is 15.9 Å². The summed E-state index contributed by atoms with van der Waals surface area (Å²) >= 11 is 3.45. The van der Waals surface area contributed by atoms with Gasteiger partial charge in [-0.05, 0) is 30.3 Å². The first-order chi connectivity index (χ1) is 8.47. The maximum absolute atomic E-state index is 4.11. The maximum atomic E-state index is 4.11. The minimum atomic E-state index is 0.513. The van der Waals surface area contributed by atoms with E-state index < -0.39 is 0 Å². The van der Waals surface area contributed by atoms with Crippen molar-refractivity contribution in [2.75, 3.05) is 20.1 Å². The van der Waals surface area contributed by atoms with Crippen LogP contribution in [0.25, 0.3) is 0 Å². The summed E-state index contributed by atoms with van der Waals surface area (Å²) in [7, 11) is 2.13. The third kappa shape index (κ3) is 6.34. The second kappa shape index (κ2) is 7.72. The van der Waals surface area contributed by atoms with Gasteiger partial charge in [0.25, 0.3) is 0 Å². The summed E-state index contributed by atoms with van der Waals surface area (Å²) in [5.74, 6) is 0. The van der Waals surface area contributed by atoms with Crippen LogP contribution < -0.4 is 5.32 Å². The predicted octanol–water partition coefficient (Wildman–Crippen LogP) is 3.44. The van der Waals surface area contributed by atoms with E-state index in [-0.39, 0.29) is 0 Å². The third-order valence-corrected chi connectivity index (χ3v) is 3.15. The van der Waals surface area contributed by atoms with Crippen LogP contribution in [0.4, 0.5) is 0 Å². The SMILES string of the molecule is C=C(CNC(C)C)CN(C)Cc1ccc(Br)cc1. The molecule has 0 aromatic heterocycles. The Morgan fingerprint density at radius 3 is 2.50 bits per heavy atom. The molecule has 0 saturated heterocycles. The average Bonchev–Trinajstić information content (AvgIpc) is 2.29. The van der Waals surface area contributed by atoms with E-state index in [2.05, 4.69) is 77.9 Å². The highest BCUT2D eigenvalue weighted by atomic mass is 79.9. The molecule has 1 N–H and O–H groups in total. The lowest BCUT2D eigenvalue weighted by atomic mass is 10.2. The predicted molar refractivity (Wildman–Crippen MR) is 82.8 cm³/mol.